The second-order valence-corrected chi connectivity index (χ2v) is 4.41. The van der Waals surface area contributed by atoms with Crippen LogP contribution in [0.3, 0.4) is 0 Å². The minimum absolute atomic E-state index is 0.153. The molecule has 16 heavy (non-hydrogen) atoms. The predicted octanol–water partition coefficient (Wildman–Crippen LogP) is 2.13. The average molecular weight is 243 g/mol. The van der Waals surface area contributed by atoms with Gasteiger partial charge < -0.3 is 10.1 Å². The van der Waals surface area contributed by atoms with Crippen LogP contribution in [0.4, 0.5) is 5.95 Å². The minimum Gasteiger partial charge on any atom is -0.467 e. The number of hydrogen-bond acceptors (Lipinski definition) is 5. The van der Waals surface area contributed by atoms with Crippen LogP contribution in [0, 0.1) is 5.92 Å². The molecular weight excluding hydrogens is 228 g/mol. The van der Waals surface area contributed by atoms with Gasteiger partial charge in [0.1, 0.15) is 0 Å². The fraction of sp³-hybridized carbons (Fsp3) is 0.700. The number of nitrogens with zero attached hydrogens (tertiary/aromatic N) is 3. The number of anilines is 1. The summed E-state index contributed by atoms with van der Waals surface area (Å²) in [4.78, 5) is 12.0. The topological polar surface area (TPSA) is 59.9 Å². The molecule has 88 valence electrons. The second-order valence-electron chi connectivity index (χ2n) is 4.07. The van der Waals surface area contributed by atoms with Crippen LogP contribution in [-0.2, 0) is 0 Å². The molecule has 0 saturated heterocycles. The predicted molar refractivity (Wildman–Crippen MR) is 61.8 cm³/mol. The van der Waals surface area contributed by atoms with E-state index >= 15 is 0 Å². The van der Waals surface area contributed by atoms with Gasteiger partial charge in [-0.15, -0.1) is 0 Å². The van der Waals surface area contributed by atoms with Crippen molar-refractivity contribution < 1.29 is 4.74 Å². The quantitative estimate of drug-likeness (QED) is 0.880. The largest absolute Gasteiger partial charge is 0.467 e. The molecule has 0 aromatic carbocycles. The molecule has 1 saturated carbocycles. The van der Waals surface area contributed by atoms with Gasteiger partial charge in [0.15, 0.2) is 0 Å². The van der Waals surface area contributed by atoms with Crippen molar-refractivity contribution in [2.75, 3.05) is 12.4 Å². The smallest absolute Gasteiger partial charge is 0.322 e. The lowest BCUT2D eigenvalue weighted by atomic mass is 10.1. The molecular formula is C10H15ClN4O. The molecule has 1 fully saturated rings. The van der Waals surface area contributed by atoms with E-state index in [4.69, 9.17) is 16.3 Å². The first-order valence-electron chi connectivity index (χ1n) is 5.41. The van der Waals surface area contributed by atoms with E-state index in [9.17, 15) is 0 Å². The summed E-state index contributed by atoms with van der Waals surface area (Å²) in [6.45, 7) is 2.23. The molecule has 1 aliphatic carbocycles. The molecule has 1 N–H and O–H groups in total. The highest BCUT2D eigenvalue weighted by Crippen LogP contribution is 2.27. The normalized spacial score (nSPS) is 24.4. The first-order valence-corrected chi connectivity index (χ1v) is 5.79. The Labute approximate surface area is 99.6 Å². The minimum atomic E-state index is 0.153. The lowest BCUT2D eigenvalue weighted by Gasteiger charge is -2.17. The number of rotatable bonds is 3. The summed E-state index contributed by atoms with van der Waals surface area (Å²) in [6, 6.07) is 0.663. The van der Waals surface area contributed by atoms with E-state index in [0.717, 1.165) is 6.42 Å². The second kappa shape index (κ2) is 4.82. The Morgan fingerprint density at radius 1 is 1.31 bits per heavy atom. The van der Waals surface area contributed by atoms with Crippen molar-refractivity contribution in [3.05, 3.63) is 5.28 Å². The van der Waals surface area contributed by atoms with Crippen molar-refractivity contribution >= 4 is 17.5 Å². The van der Waals surface area contributed by atoms with Crippen molar-refractivity contribution in [3.8, 4) is 6.01 Å². The van der Waals surface area contributed by atoms with Crippen molar-refractivity contribution in [3.63, 3.8) is 0 Å². The number of ether oxygens (including phenoxy) is 1. The molecule has 2 unspecified atom stereocenters. The Morgan fingerprint density at radius 3 is 2.75 bits per heavy atom. The van der Waals surface area contributed by atoms with Crippen LogP contribution in [0.2, 0.25) is 5.28 Å². The summed E-state index contributed by atoms with van der Waals surface area (Å²) in [6.07, 6.45) is 3.63. The summed E-state index contributed by atoms with van der Waals surface area (Å²) in [5, 5.41) is 3.43. The van der Waals surface area contributed by atoms with Crippen molar-refractivity contribution in [2.45, 2.75) is 32.2 Å². The molecule has 1 aromatic rings. The summed E-state index contributed by atoms with van der Waals surface area (Å²) >= 11 is 5.77. The van der Waals surface area contributed by atoms with Crippen LogP contribution in [-0.4, -0.2) is 28.1 Å². The van der Waals surface area contributed by atoms with Crippen LogP contribution in [0.25, 0.3) is 0 Å². The summed E-state index contributed by atoms with van der Waals surface area (Å²) in [7, 11) is 1.51. The van der Waals surface area contributed by atoms with E-state index in [2.05, 4.69) is 27.2 Å². The molecule has 0 bridgehead atoms. The highest BCUT2D eigenvalue weighted by atomic mass is 35.5. The van der Waals surface area contributed by atoms with Gasteiger partial charge in [-0.3, -0.25) is 0 Å². The zero-order valence-corrected chi connectivity index (χ0v) is 10.2. The molecule has 0 radical (unpaired) electrons. The van der Waals surface area contributed by atoms with Gasteiger partial charge in [0.05, 0.1) is 7.11 Å². The summed E-state index contributed by atoms with van der Waals surface area (Å²) in [5.41, 5.74) is 0. The van der Waals surface area contributed by atoms with Crippen LogP contribution in [0.15, 0.2) is 0 Å². The monoisotopic (exact) mass is 242 g/mol. The number of methoxy groups -OCH3 is 1. The molecule has 1 aromatic heterocycles. The van der Waals surface area contributed by atoms with E-state index < -0.39 is 0 Å². The maximum absolute atomic E-state index is 5.77. The summed E-state index contributed by atoms with van der Waals surface area (Å²) in [5.74, 6) is 1.14. The Hall–Kier alpha value is -1.10. The van der Waals surface area contributed by atoms with E-state index in [1.54, 1.807) is 0 Å². The zero-order valence-electron chi connectivity index (χ0n) is 9.40. The van der Waals surface area contributed by atoms with Gasteiger partial charge in [0.2, 0.25) is 11.2 Å². The van der Waals surface area contributed by atoms with Crippen LogP contribution >= 0.6 is 11.6 Å². The van der Waals surface area contributed by atoms with Gasteiger partial charge in [-0.05, 0) is 30.4 Å². The van der Waals surface area contributed by atoms with E-state index in [1.165, 1.54) is 20.0 Å². The van der Waals surface area contributed by atoms with Gasteiger partial charge in [0.25, 0.3) is 0 Å². The number of halogens is 1. The Kier molecular flexibility index (Phi) is 3.43. The van der Waals surface area contributed by atoms with Gasteiger partial charge in [-0.2, -0.15) is 15.0 Å². The fourth-order valence-electron chi connectivity index (χ4n) is 2.01. The highest BCUT2D eigenvalue weighted by molar-refractivity contribution is 6.28. The third-order valence-electron chi connectivity index (χ3n) is 2.95. The first kappa shape index (κ1) is 11.4. The maximum Gasteiger partial charge on any atom is 0.322 e. The van der Waals surface area contributed by atoms with Crippen molar-refractivity contribution in [2.24, 2.45) is 5.92 Å². The SMILES string of the molecule is COc1nc(Cl)nc(NC2CCCC2C)n1. The molecule has 5 nitrogen and oxygen atoms in total. The Balaban J connectivity index is 2.11. The number of nitrogens with one attached hydrogen (secondary N) is 1. The molecule has 6 heteroatoms. The lowest BCUT2D eigenvalue weighted by molar-refractivity contribution is 0.378. The molecule has 1 heterocycles. The molecule has 1 aliphatic rings. The lowest BCUT2D eigenvalue weighted by Crippen LogP contribution is -2.23. The van der Waals surface area contributed by atoms with Crippen LogP contribution in [0.1, 0.15) is 26.2 Å². The van der Waals surface area contributed by atoms with E-state index in [1.807, 2.05) is 0 Å². The van der Waals surface area contributed by atoms with Crippen LogP contribution in [0.5, 0.6) is 6.01 Å². The maximum atomic E-state index is 5.77. The molecule has 0 spiro atoms. The third kappa shape index (κ3) is 2.52. The standard InChI is InChI=1S/C10H15ClN4O/c1-6-4-3-5-7(6)12-9-13-8(11)14-10(15-9)16-2/h6-7H,3-5H2,1-2H3,(H,12,13,14,15). The van der Waals surface area contributed by atoms with Gasteiger partial charge in [-0.1, -0.05) is 13.3 Å². The van der Waals surface area contributed by atoms with Gasteiger partial charge >= 0.3 is 6.01 Å². The Morgan fingerprint density at radius 2 is 2.12 bits per heavy atom. The van der Waals surface area contributed by atoms with E-state index in [-0.39, 0.29) is 11.3 Å². The molecule has 0 amide bonds. The van der Waals surface area contributed by atoms with Crippen LogP contribution < -0.4 is 10.1 Å². The molecule has 2 atom stereocenters. The van der Waals surface area contributed by atoms with Crippen molar-refractivity contribution in [1.82, 2.24) is 15.0 Å². The van der Waals surface area contributed by atoms with Gasteiger partial charge in [-0.25, -0.2) is 0 Å². The first-order chi connectivity index (χ1) is 7.69. The summed E-state index contributed by atoms with van der Waals surface area (Å²) < 4.78 is 4.94. The highest BCUT2D eigenvalue weighted by Gasteiger charge is 2.24. The zero-order chi connectivity index (χ0) is 11.5. The molecule has 0 aliphatic heterocycles. The average Bonchev–Trinajstić information content (AvgIpc) is 2.63. The number of hydrogen-bond donors (Lipinski definition) is 1. The van der Waals surface area contributed by atoms with Gasteiger partial charge in [0, 0.05) is 6.04 Å². The van der Waals surface area contributed by atoms with Crippen molar-refractivity contribution in [1.29, 1.82) is 0 Å². The fourth-order valence-corrected chi connectivity index (χ4v) is 2.17. The third-order valence-corrected chi connectivity index (χ3v) is 3.12. The van der Waals surface area contributed by atoms with E-state index in [0.29, 0.717) is 17.9 Å². The Bertz CT molecular complexity index is 374. The number of aromatic nitrogens is 3. The molecule has 2 rings (SSSR count).